The van der Waals surface area contributed by atoms with E-state index in [0.717, 1.165) is 38.5 Å². The van der Waals surface area contributed by atoms with E-state index >= 15 is 0 Å². The molecule has 0 fully saturated rings. The van der Waals surface area contributed by atoms with Gasteiger partial charge in [-0.2, -0.15) is 0 Å². The molecule has 320 valence electrons. The Bertz CT molecular complexity index is 938. The van der Waals surface area contributed by atoms with E-state index in [1.54, 1.807) is 6.08 Å². The van der Waals surface area contributed by atoms with Crippen LogP contribution in [0.15, 0.2) is 24.3 Å². The number of allylic oxidation sites excluding steroid dienone is 3. The number of phosphoric ester groups is 1. The first-order valence-corrected chi connectivity index (χ1v) is 24.2. The molecule has 0 radical (unpaired) electrons. The first-order valence-electron chi connectivity index (χ1n) is 22.7. The van der Waals surface area contributed by atoms with E-state index in [2.05, 4.69) is 31.3 Å². The molecule has 9 heteroatoms. The van der Waals surface area contributed by atoms with Crippen molar-refractivity contribution >= 4 is 13.7 Å². The van der Waals surface area contributed by atoms with Gasteiger partial charge in [0.05, 0.1) is 39.9 Å². The minimum absolute atomic E-state index is 0.000752. The van der Waals surface area contributed by atoms with Crippen LogP contribution in [0.25, 0.3) is 0 Å². The van der Waals surface area contributed by atoms with E-state index in [-0.39, 0.29) is 19.1 Å². The lowest BCUT2D eigenvalue weighted by Crippen LogP contribution is -2.45. The van der Waals surface area contributed by atoms with Crippen molar-refractivity contribution in [2.24, 2.45) is 0 Å². The number of hydrogen-bond acceptors (Lipinski definition) is 6. The van der Waals surface area contributed by atoms with Crippen LogP contribution in [0.4, 0.5) is 0 Å². The lowest BCUT2D eigenvalue weighted by Gasteiger charge is -2.29. The zero-order chi connectivity index (χ0) is 40.0. The van der Waals surface area contributed by atoms with Crippen LogP contribution in [-0.2, 0) is 18.4 Å². The van der Waals surface area contributed by atoms with E-state index in [4.69, 9.17) is 9.05 Å². The molecule has 0 aliphatic rings. The van der Waals surface area contributed by atoms with Crippen molar-refractivity contribution in [2.45, 2.75) is 219 Å². The molecule has 2 N–H and O–H groups in total. The monoisotopic (exact) mass is 785 g/mol. The van der Waals surface area contributed by atoms with Crippen LogP contribution in [-0.4, -0.2) is 68.5 Å². The number of quaternary nitrogens is 1. The van der Waals surface area contributed by atoms with Crippen molar-refractivity contribution in [2.75, 3.05) is 40.9 Å². The van der Waals surface area contributed by atoms with Gasteiger partial charge in [0, 0.05) is 6.42 Å². The highest BCUT2D eigenvalue weighted by Crippen LogP contribution is 2.38. The molecule has 54 heavy (non-hydrogen) atoms. The highest BCUT2D eigenvalue weighted by atomic mass is 31.2. The van der Waals surface area contributed by atoms with Crippen LogP contribution >= 0.6 is 7.82 Å². The average Bonchev–Trinajstić information content (AvgIpc) is 3.12. The minimum Gasteiger partial charge on any atom is -0.756 e. The number of rotatable bonds is 41. The molecule has 0 aromatic rings. The summed E-state index contributed by atoms with van der Waals surface area (Å²) in [6.45, 7) is 4.64. The Morgan fingerprint density at radius 2 is 1.02 bits per heavy atom. The molecule has 1 amide bonds. The quantitative estimate of drug-likeness (QED) is 0.0277. The Morgan fingerprint density at radius 3 is 1.44 bits per heavy atom. The second-order valence-electron chi connectivity index (χ2n) is 16.8. The normalized spacial score (nSPS) is 14.6. The zero-order valence-electron chi connectivity index (χ0n) is 36.2. The number of phosphoric acid groups is 1. The lowest BCUT2D eigenvalue weighted by molar-refractivity contribution is -0.870. The van der Waals surface area contributed by atoms with Gasteiger partial charge in [-0.1, -0.05) is 179 Å². The van der Waals surface area contributed by atoms with Crippen molar-refractivity contribution in [3.05, 3.63) is 24.3 Å². The number of likely N-dealkylation sites (N-methyl/N-ethyl adjacent to an activating group) is 1. The SMILES string of the molecule is CCCCCCCC/C=C\CCCCCCCCCC(=O)NC(COP(=O)([O-])OCC[N+](C)(C)C)C(O)/C=C/CCCCCCCCCCCCCCC. The predicted octanol–water partition coefficient (Wildman–Crippen LogP) is 11.9. The minimum atomic E-state index is -4.58. The summed E-state index contributed by atoms with van der Waals surface area (Å²) < 4.78 is 23.2. The van der Waals surface area contributed by atoms with Crippen LogP contribution in [0, 0.1) is 0 Å². The number of carbonyl (C=O) groups excluding carboxylic acids is 1. The molecule has 0 rings (SSSR count). The van der Waals surface area contributed by atoms with Crippen molar-refractivity contribution in [1.29, 1.82) is 0 Å². The molecular weight excluding hydrogens is 695 g/mol. The Morgan fingerprint density at radius 1 is 0.630 bits per heavy atom. The Hall–Kier alpha value is -1.02. The molecule has 0 bridgehead atoms. The zero-order valence-corrected chi connectivity index (χ0v) is 37.1. The summed E-state index contributed by atoms with van der Waals surface area (Å²) in [4.78, 5) is 25.3. The number of unbranched alkanes of at least 4 members (excludes halogenated alkanes) is 26. The number of amides is 1. The summed E-state index contributed by atoms with van der Waals surface area (Å²) in [5.41, 5.74) is 0. The number of nitrogens with zero attached hydrogens (tertiary/aromatic N) is 1. The smallest absolute Gasteiger partial charge is 0.268 e. The first kappa shape index (κ1) is 53.0. The molecule has 0 heterocycles. The summed E-state index contributed by atoms with van der Waals surface area (Å²) in [5, 5.41) is 13.8. The fourth-order valence-electron chi connectivity index (χ4n) is 6.50. The molecule has 0 aromatic carbocycles. The molecule has 0 aromatic heterocycles. The molecule has 0 saturated heterocycles. The van der Waals surface area contributed by atoms with Crippen molar-refractivity contribution in [1.82, 2.24) is 5.32 Å². The van der Waals surface area contributed by atoms with Crippen LogP contribution in [0.1, 0.15) is 206 Å². The lowest BCUT2D eigenvalue weighted by atomic mass is 10.0. The molecule has 0 aliphatic heterocycles. The fourth-order valence-corrected chi connectivity index (χ4v) is 7.22. The molecule has 3 unspecified atom stereocenters. The third-order valence-electron chi connectivity index (χ3n) is 10.2. The molecule has 0 aliphatic carbocycles. The van der Waals surface area contributed by atoms with E-state index < -0.39 is 20.0 Å². The van der Waals surface area contributed by atoms with E-state index in [0.29, 0.717) is 17.4 Å². The number of carbonyl (C=O) groups is 1. The molecule has 3 atom stereocenters. The highest BCUT2D eigenvalue weighted by molar-refractivity contribution is 7.45. The summed E-state index contributed by atoms with van der Waals surface area (Å²) >= 11 is 0. The topological polar surface area (TPSA) is 108 Å². The average molecular weight is 785 g/mol. The van der Waals surface area contributed by atoms with Crippen molar-refractivity contribution in [3.63, 3.8) is 0 Å². The molecule has 0 spiro atoms. The maximum atomic E-state index is 12.8. The highest BCUT2D eigenvalue weighted by Gasteiger charge is 2.23. The third kappa shape index (κ3) is 39.2. The van der Waals surface area contributed by atoms with Gasteiger partial charge in [0.1, 0.15) is 13.2 Å². The number of hydrogen-bond donors (Lipinski definition) is 2. The summed E-state index contributed by atoms with van der Waals surface area (Å²) in [6.07, 6.45) is 43.6. The standard InChI is InChI=1S/C45H89N2O6P/c1-6-8-10-12-14-16-18-20-22-23-25-27-29-31-33-35-37-39-45(49)46-43(42-53-54(50,51)52-41-40-47(3,4)5)44(48)38-36-34-32-30-28-26-24-21-19-17-15-13-11-9-7-2/h20,22,36,38,43-44,48H,6-19,21,23-35,37,39-42H2,1-5H3,(H-,46,49,50,51)/b22-20-,38-36+. The van der Waals surface area contributed by atoms with Gasteiger partial charge in [-0.05, 0) is 44.9 Å². The number of aliphatic hydroxyl groups excluding tert-OH is 1. The number of nitrogens with one attached hydrogen (secondary N) is 1. The van der Waals surface area contributed by atoms with Gasteiger partial charge in [-0.25, -0.2) is 0 Å². The fraction of sp³-hybridized carbons (Fsp3) is 0.889. The first-order chi connectivity index (χ1) is 26.0. The molecular formula is C45H89N2O6P. The van der Waals surface area contributed by atoms with Crippen LogP contribution in [0.3, 0.4) is 0 Å². The van der Waals surface area contributed by atoms with Gasteiger partial charge >= 0.3 is 0 Å². The number of aliphatic hydroxyl groups is 1. The van der Waals surface area contributed by atoms with E-state index in [9.17, 15) is 19.4 Å². The van der Waals surface area contributed by atoms with Gasteiger partial charge < -0.3 is 28.8 Å². The summed E-state index contributed by atoms with van der Waals surface area (Å²) in [7, 11) is 1.26. The predicted molar refractivity (Wildman–Crippen MR) is 228 cm³/mol. The Balaban J connectivity index is 4.41. The van der Waals surface area contributed by atoms with Crippen molar-refractivity contribution in [3.8, 4) is 0 Å². The van der Waals surface area contributed by atoms with Gasteiger partial charge in [0.15, 0.2) is 0 Å². The van der Waals surface area contributed by atoms with Gasteiger partial charge in [-0.15, -0.1) is 0 Å². The van der Waals surface area contributed by atoms with Gasteiger partial charge in [-0.3, -0.25) is 9.36 Å². The second-order valence-corrected chi connectivity index (χ2v) is 18.2. The largest absolute Gasteiger partial charge is 0.756 e. The van der Waals surface area contributed by atoms with Gasteiger partial charge in [0.25, 0.3) is 7.82 Å². The van der Waals surface area contributed by atoms with Crippen LogP contribution in [0.2, 0.25) is 0 Å². The van der Waals surface area contributed by atoms with Crippen molar-refractivity contribution < 1.29 is 32.9 Å². The third-order valence-corrected chi connectivity index (χ3v) is 11.1. The Labute approximate surface area is 334 Å². The van der Waals surface area contributed by atoms with Crippen LogP contribution < -0.4 is 10.2 Å². The maximum absolute atomic E-state index is 12.8. The maximum Gasteiger partial charge on any atom is 0.268 e. The summed E-state index contributed by atoms with van der Waals surface area (Å²) in [6, 6.07) is -0.885. The van der Waals surface area contributed by atoms with Gasteiger partial charge in [0.2, 0.25) is 5.91 Å². The summed E-state index contributed by atoms with van der Waals surface area (Å²) in [5.74, 6) is -0.202. The second kappa shape index (κ2) is 37.6. The van der Waals surface area contributed by atoms with E-state index in [1.807, 2.05) is 27.2 Å². The van der Waals surface area contributed by atoms with Crippen LogP contribution in [0.5, 0.6) is 0 Å². The van der Waals surface area contributed by atoms with E-state index in [1.165, 1.54) is 148 Å². The molecule has 8 nitrogen and oxygen atoms in total. The molecule has 0 saturated carbocycles. The Kier molecular flexibility index (Phi) is 36.8.